The molecule has 0 amide bonds. The zero-order valence-electron chi connectivity index (χ0n) is 12.0. The molecule has 0 aliphatic carbocycles. The molecule has 0 spiro atoms. The summed E-state index contributed by atoms with van der Waals surface area (Å²) in [6, 6.07) is 13.3. The average molecular weight is 249 g/mol. The molecule has 1 heterocycles. The highest BCUT2D eigenvalue weighted by Gasteiger charge is 2.08. The van der Waals surface area contributed by atoms with Gasteiger partial charge < -0.3 is 4.98 Å². The highest BCUT2D eigenvalue weighted by atomic mass is 14.7. The van der Waals surface area contributed by atoms with E-state index in [9.17, 15) is 0 Å². The number of H-pyrrole nitrogens is 1. The summed E-state index contributed by atoms with van der Waals surface area (Å²) in [5.41, 5.74) is 9.00. The van der Waals surface area contributed by atoms with Crippen LogP contribution < -0.4 is 0 Å². The molecule has 0 aliphatic rings. The largest absolute Gasteiger partial charge is 0.355 e. The highest BCUT2D eigenvalue weighted by molar-refractivity contribution is 5.89. The third kappa shape index (κ3) is 2.06. The van der Waals surface area contributed by atoms with Crippen LogP contribution in [0, 0.1) is 27.7 Å². The normalized spacial score (nSPS) is 11.2. The molecule has 0 bridgehead atoms. The number of rotatable bonds is 1. The maximum Gasteiger partial charge on any atom is 0.0467 e. The fourth-order valence-corrected chi connectivity index (χ4v) is 2.86. The Labute approximate surface area is 114 Å². The third-order valence-corrected chi connectivity index (χ3v) is 3.76. The van der Waals surface area contributed by atoms with E-state index in [1.807, 2.05) is 0 Å². The summed E-state index contributed by atoms with van der Waals surface area (Å²) in [7, 11) is 0. The molecule has 0 fully saturated rings. The summed E-state index contributed by atoms with van der Waals surface area (Å²) in [5.74, 6) is 0. The molecule has 19 heavy (non-hydrogen) atoms. The third-order valence-electron chi connectivity index (χ3n) is 3.76. The first-order valence-corrected chi connectivity index (χ1v) is 6.72. The van der Waals surface area contributed by atoms with Gasteiger partial charge in [-0.1, -0.05) is 29.8 Å². The van der Waals surface area contributed by atoms with Crippen molar-refractivity contribution < 1.29 is 0 Å². The monoisotopic (exact) mass is 249 g/mol. The van der Waals surface area contributed by atoms with Crippen molar-refractivity contribution in [3.63, 3.8) is 0 Å². The molecular formula is C18H19N. The lowest BCUT2D eigenvalue weighted by molar-refractivity contribution is 1.35. The number of hydrogen-bond acceptors (Lipinski definition) is 0. The second-order valence-corrected chi connectivity index (χ2v) is 5.54. The molecule has 3 rings (SSSR count). The minimum Gasteiger partial charge on any atom is -0.355 e. The summed E-state index contributed by atoms with van der Waals surface area (Å²) in [5, 5.41) is 1.32. The van der Waals surface area contributed by atoms with E-state index >= 15 is 0 Å². The van der Waals surface area contributed by atoms with Gasteiger partial charge in [0.2, 0.25) is 0 Å². The van der Waals surface area contributed by atoms with Crippen molar-refractivity contribution in [1.29, 1.82) is 0 Å². The van der Waals surface area contributed by atoms with Crippen LogP contribution in [0.2, 0.25) is 0 Å². The van der Waals surface area contributed by atoms with Crippen LogP contribution in [0.1, 0.15) is 22.3 Å². The molecule has 0 radical (unpaired) electrons. The van der Waals surface area contributed by atoms with Gasteiger partial charge in [-0.2, -0.15) is 0 Å². The Hall–Kier alpha value is -2.02. The van der Waals surface area contributed by atoms with Gasteiger partial charge in [0.05, 0.1) is 0 Å². The van der Waals surface area contributed by atoms with E-state index in [-0.39, 0.29) is 0 Å². The Balaban J connectivity index is 2.23. The summed E-state index contributed by atoms with van der Waals surface area (Å²) >= 11 is 0. The first kappa shape index (κ1) is 12.0. The number of aromatic amines is 1. The minimum atomic E-state index is 1.21. The molecule has 1 N–H and O–H groups in total. The molecule has 3 aromatic rings. The van der Waals surface area contributed by atoms with E-state index in [2.05, 4.69) is 69.1 Å². The lowest BCUT2D eigenvalue weighted by Crippen LogP contribution is -1.84. The maximum absolute atomic E-state index is 3.55. The summed E-state index contributed by atoms with van der Waals surface area (Å²) in [6.07, 6.45) is 0. The van der Waals surface area contributed by atoms with Crippen LogP contribution in [0.25, 0.3) is 22.2 Å². The summed E-state index contributed by atoms with van der Waals surface area (Å²) < 4.78 is 0. The van der Waals surface area contributed by atoms with Gasteiger partial charge in [-0.15, -0.1) is 0 Å². The summed E-state index contributed by atoms with van der Waals surface area (Å²) in [6.45, 7) is 8.63. The number of hydrogen-bond donors (Lipinski definition) is 1. The van der Waals surface area contributed by atoms with Gasteiger partial charge in [-0.25, -0.2) is 0 Å². The van der Waals surface area contributed by atoms with E-state index in [1.165, 1.54) is 44.4 Å². The number of nitrogens with one attached hydrogen (secondary N) is 1. The van der Waals surface area contributed by atoms with Crippen LogP contribution in [0.4, 0.5) is 0 Å². The van der Waals surface area contributed by atoms with Crippen LogP contribution in [0.5, 0.6) is 0 Å². The van der Waals surface area contributed by atoms with Crippen molar-refractivity contribution in [2.45, 2.75) is 27.7 Å². The van der Waals surface area contributed by atoms with Crippen molar-refractivity contribution in [3.8, 4) is 11.3 Å². The van der Waals surface area contributed by atoms with Crippen LogP contribution in [-0.4, -0.2) is 4.98 Å². The fraction of sp³-hybridized carbons (Fsp3) is 0.222. The molecule has 0 unspecified atom stereocenters. The van der Waals surface area contributed by atoms with Gasteiger partial charge in [0.1, 0.15) is 0 Å². The van der Waals surface area contributed by atoms with Gasteiger partial charge in [0.25, 0.3) is 0 Å². The number of aryl methyl sites for hydroxylation is 4. The average Bonchev–Trinajstić information content (AvgIpc) is 2.72. The van der Waals surface area contributed by atoms with Crippen LogP contribution >= 0.6 is 0 Å². The predicted molar refractivity (Wildman–Crippen MR) is 82.7 cm³/mol. The number of benzene rings is 2. The van der Waals surface area contributed by atoms with Gasteiger partial charge in [-0.3, -0.25) is 0 Å². The molecule has 0 saturated heterocycles. The SMILES string of the molecule is Cc1ccc(-c2cc3c(C)cc(C)cc3[nH]2)c(C)c1. The van der Waals surface area contributed by atoms with E-state index in [0.29, 0.717) is 0 Å². The molecule has 1 aromatic heterocycles. The van der Waals surface area contributed by atoms with E-state index in [1.54, 1.807) is 0 Å². The molecule has 0 atom stereocenters. The zero-order chi connectivity index (χ0) is 13.6. The lowest BCUT2D eigenvalue weighted by Gasteiger charge is -2.04. The Morgan fingerprint density at radius 2 is 1.47 bits per heavy atom. The maximum atomic E-state index is 3.55. The van der Waals surface area contributed by atoms with E-state index in [4.69, 9.17) is 0 Å². The number of aromatic nitrogens is 1. The first-order chi connectivity index (χ1) is 9.04. The van der Waals surface area contributed by atoms with Crippen molar-refractivity contribution in [2.24, 2.45) is 0 Å². The second-order valence-electron chi connectivity index (χ2n) is 5.54. The van der Waals surface area contributed by atoms with Gasteiger partial charge >= 0.3 is 0 Å². The fourth-order valence-electron chi connectivity index (χ4n) is 2.86. The Morgan fingerprint density at radius 3 is 2.21 bits per heavy atom. The summed E-state index contributed by atoms with van der Waals surface area (Å²) in [4.78, 5) is 3.55. The first-order valence-electron chi connectivity index (χ1n) is 6.72. The Morgan fingerprint density at radius 1 is 0.737 bits per heavy atom. The number of fused-ring (bicyclic) bond motifs is 1. The molecule has 1 heteroatoms. The van der Waals surface area contributed by atoms with Crippen molar-refractivity contribution in [3.05, 3.63) is 58.7 Å². The van der Waals surface area contributed by atoms with Gasteiger partial charge in [-0.05, 0) is 56.5 Å². The quantitative estimate of drug-likeness (QED) is 0.620. The molecular weight excluding hydrogens is 230 g/mol. The van der Waals surface area contributed by atoms with Crippen molar-refractivity contribution >= 4 is 10.9 Å². The molecule has 2 aromatic carbocycles. The molecule has 0 saturated carbocycles. The topological polar surface area (TPSA) is 15.8 Å². The van der Waals surface area contributed by atoms with Crippen molar-refractivity contribution in [1.82, 2.24) is 4.98 Å². The molecule has 0 aliphatic heterocycles. The molecule has 96 valence electrons. The highest BCUT2D eigenvalue weighted by Crippen LogP contribution is 2.29. The van der Waals surface area contributed by atoms with Gasteiger partial charge in [0.15, 0.2) is 0 Å². The molecule has 1 nitrogen and oxygen atoms in total. The standard InChI is InChI=1S/C18H19N/c1-11-5-6-15(13(3)7-11)18-10-16-14(4)8-12(2)9-17(16)19-18/h5-10,19H,1-4H3. The smallest absolute Gasteiger partial charge is 0.0467 e. The van der Waals surface area contributed by atoms with E-state index in [0.717, 1.165) is 0 Å². The van der Waals surface area contributed by atoms with E-state index < -0.39 is 0 Å². The van der Waals surface area contributed by atoms with Crippen molar-refractivity contribution in [2.75, 3.05) is 0 Å². The Bertz CT molecular complexity index is 763. The Kier molecular flexibility index (Phi) is 2.70. The van der Waals surface area contributed by atoms with Gasteiger partial charge in [0, 0.05) is 22.2 Å². The van der Waals surface area contributed by atoms with Crippen LogP contribution in [0.15, 0.2) is 36.4 Å². The van der Waals surface area contributed by atoms with Crippen LogP contribution in [0.3, 0.4) is 0 Å². The predicted octanol–water partition coefficient (Wildman–Crippen LogP) is 5.07. The minimum absolute atomic E-state index is 1.21. The van der Waals surface area contributed by atoms with Crippen LogP contribution in [-0.2, 0) is 0 Å². The lowest BCUT2D eigenvalue weighted by atomic mass is 10.0. The second kappa shape index (κ2) is 4.27. The zero-order valence-corrected chi connectivity index (χ0v) is 12.0.